The molecular weight excluding hydrogens is 273 g/mol. The Morgan fingerprint density at radius 2 is 1.81 bits per heavy atom. The van der Waals surface area contributed by atoms with Gasteiger partial charge in [0.15, 0.2) is 0 Å². The first-order chi connectivity index (χ1) is 10.1. The van der Waals surface area contributed by atoms with Gasteiger partial charge in [0.25, 0.3) is 0 Å². The number of benzene rings is 1. The summed E-state index contributed by atoms with van der Waals surface area (Å²) in [5, 5.41) is 2.84. The number of amides is 1. The van der Waals surface area contributed by atoms with Crippen LogP contribution in [0.15, 0.2) is 24.3 Å². The quantitative estimate of drug-likeness (QED) is 0.867. The summed E-state index contributed by atoms with van der Waals surface area (Å²) in [6.07, 6.45) is 4.19. The Bertz CT molecular complexity index is 507. The van der Waals surface area contributed by atoms with Crippen molar-refractivity contribution < 1.29 is 18.7 Å². The van der Waals surface area contributed by atoms with Crippen molar-refractivity contribution in [3.63, 3.8) is 0 Å². The predicted molar refractivity (Wildman–Crippen MR) is 76.1 cm³/mol. The van der Waals surface area contributed by atoms with Crippen LogP contribution >= 0.6 is 0 Å². The molecule has 1 aliphatic carbocycles. The Morgan fingerprint density at radius 3 is 2.38 bits per heavy atom. The van der Waals surface area contributed by atoms with Crippen LogP contribution in [0.25, 0.3) is 0 Å². The van der Waals surface area contributed by atoms with Gasteiger partial charge < -0.3 is 10.1 Å². The summed E-state index contributed by atoms with van der Waals surface area (Å²) in [6.45, 7) is 0. The van der Waals surface area contributed by atoms with Crippen LogP contribution in [-0.2, 0) is 20.7 Å². The summed E-state index contributed by atoms with van der Waals surface area (Å²) in [7, 11) is 1.34. The maximum absolute atomic E-state index is 12.8. The number of rotatable bonds is 4. The van der Waals surface area contributed by atoms with Gasteiger partial charge in [0.2, 0.25) is 5.91 Å². The number of carbonyl (C=O) groups is 2. The molecule has 0 aliphatic heterocycles. The highest BCUT2D eigenvalue weighted by atomic mass is 19.1. The van der Waals surface area contributed by atoms with Crippen LogP contribution in [0, 0.1) is 5.82 Å². The van der Waals surface area contributed by atoms with Gasteiger partial charge in [0.1, 0.15) is 11.4 Å². The number of carbonyl (C=O) groups excluding carboxylic acids is 2. The van der Waals surface area contributed by atoms with E-state index < -0.39 is 5.54 Å². The highest BCUT2D eigenvalue weighted by molar-refractivity contribution is 5.89. The topological polar surface area (TPSA) is 55.4 Å². The minimum absolute atomic E-state index is 0.124. The third kappa shape index (κ3) is 3.80. The highest BCUT2D eigenvalue weighted by Crippen LogP contribution is 2.29. The van der Waals surface area contributed by atoms with Crippen molar-refractivity contribution >= 4 is 11.9 Å². The van der Waals surface area contributed by atoms with Crippen LogP contribution < -0.4 is 5.32 Å². The fraction of sp³-hybridized carbons (Fsp3) is 0.500. The van der Waals surface area contributed by atoms with E-state index in [0.717, 1.165) is 19.3 Å². The molecule has 21 heavy (non-hydrogen) atoms. The third-order valence-electron chi connectivity index (χ3n) is 3.94. The molecule has 1 amide bonds. The number of esters is 1. The van der Waals surface area contributed by atoms with E-state index in [2.05, 4.69) is 5.32 Å². The van der Waals surface area contributed by atoms with Crippen molar-refractivity contribution in [2.45, 2.75) is 44.1 Å². The van der Waals surface area contributed by atoms with E-state index in [1.165, 1.54) is 19.2 Å². The molecule has 1 fully saturated rings. The molecule has 0 spiro atoms. The summed E-state index contributed by atoms with van der Waals surface area (Å²) in [4.78, 5) is 24.2. The first kappa shape index (κ1) is 15.5. The summed E-state index contributed by atoms with van der Waals surface area (Å²) < 4.78 is 17.7. The highest BCUT2D eigenvalue weighted by Gasteiger charge is 2.41. The fourth-order valence-corrected chi connectivity index (χ4v) is 2.83. The molecule has 0 heterocycles. The van der Waals surface area contributed by atoms with E-state index in [-0.39, 0.29) is 24.1 Å². The van der Waals surface area contributed by atoms with Gasteiger partial charge in [-0.15, -0.1) is 0 Å². The van der Waals surface area contributed by atoms with Gasteiger partial charge in [-0.2, -0.15) is 0 Å². The number of hydrogen-bond acceptors (Lipinski definition) is 3. The lowest BCUT2D eigenvalue weighted by Gasteiger charge is -2.35. The minimum atomic E-state index is -0.899. The van der Waals surface area contributed by atoms with Crippen LogP contribution in [0.4, 0.5) is 4.39 Å². The number of hydrogen-bond donors (Lipinski definition) is 1. The molecule has 1 aromatic carbocycles. The summed E-state index contributed by atoms with van der Waals surface area (Å²) in [6, 6.07) is 5.78. The molecule has 0 saturated heterocycles. The lowest BCUT2D eigenvalue weighted by atomic mass is 9.81. The van der Waals surface area contributed by atoms with Crippen molar-refractivity contribution in [2.75, 3.05) is 7.11 Å². The van der Waals surface area contributed by atoms with Crippen molar-refractivity contribution in [3.05, 3.63) is 35.6 Å². The molecule has 1 N–H and O–H groups in total. The molecule has 0 radical (unpaired) electrons. The van der Waals surface area contributed by atoms with E-state index in [9.17, 15) is 14.0 Å². The van der Waals surface area contributed by atoms with Crippen LogP contribution in [0.5, 0.6) is 0 Å². The van der Waals surface area contributed by atoms with Gasteiger partial charge in [0, 0.05) is 0 Å². The molecule has 114 valence electrons. The molecule has 1 aliphatic rings. The Labute approximate surface area is 123 Å². The van der Waals surface area contributed by atoms with Crippen molar-refractivity contribution in [3.8, 4) is 0 Å². The molecular formula is C16H20FNO3. The maximum Gasteiger partial charge on any atom is 0.331 e. The van der Waals surface area contributed by atoms with E-state index in [1.807, 2.05) is 0 Å². The van der Waals surface area contributed by atoms with Crippen molar-refractivity contribution in [1.82, 2.24) is 5.32 Å². The van der Waals surface area contributed by atoms with Gasteiger partial charge in [0.05, 0.1) is 13.5 Å². The zero-order chi connectivity index (χ0) is 15.3. The molecule has 0 atom stereocenters. The standard InChI is InChI=1S/C16H20FNO3/c1-21-15(20)16(9-3-2-4-10-16)18-14(19)11-12-5-7-13(17)8-6-12/h5-8H,2-4,9-11H2,1H3,(H,18,19). The van der Waals surface area contributed by atoms with Gasteiger partial charge in [-0.25, -0.2) is 9.18 Å². The second-order valence-corrected chi connectivity index (χ2v) is 5.49. The Hall–Kier alpha value is -1.91. The monoisotopic (exact) mass is 293 g/mol. The van der Waals surface area contributed by atoms with Gasteiger partial charge in [-0.3, -0.25) is 4.79 Å². The third-order valence-corrected chi connectivity index (χ3v) is 3.94. The van der Waals surface area contributed by atoms with Crippen LogP contribution in [0.3, 0.4) is 0 Å². The Balaban J connectivity index is 2.04. The number of halogens is 1. The van der Waals surface area contributed by atoms with Crippen LogP contribution in [-0.4, -0.2) is 24.5 Å². The first-order valence-electron chi connectivity index (χ1n) is 7.20. The summed E-state index contributed by atoms with van der Waals surface area (Å²) in [5.74, 6) is -0.957. The number of ether oxygens (including phenoxy) is 1. The van der Waals surface area contributed by atoms with E-state index in [0.29, 0.717) is 18.4 Å². The Kier molecular flexibility index (Phi) is 4.94. The predicted octanol–water partition coefficient (Wildman–Crippen LogP) is 2.36. The second-order valence-electron chi connectivity index (χ2n) is 5.49. The number of nitrogens with one attached hydrogen (secondary N) is 1. The van der Waals surface area contributed by atoms with Crippen LogP contribution in [0.1, 0.15) is 37.7 Å². The van der Waals surface area contributed by atoms with E-state index >= 15 is 0 Å². The fourth-order valence-electron chi connectivity index (χ4n) is 2.83. The van der Waals surface area contributed by atoms with Gasteiger partial charge in [-0.1, -0.05) is 31.4 Å². The molecule has 1 aromatic rings. The smallest absolute Gasteiger partial charge is 0.331 e. The first-order valence-corrected chi connectivity index (χ1v) is 7.20. The maximum atomic E-state index is 12.8. The molecule has 0 unspecified atom stereocenters. The average Bonchev–Trinajstić information content (AvgIpc) is 2.49. The minimum Gasteiger partial charge on any atom is -0.467 e. The number of methoxy groups -OCH3 is 1. The average molecular weight is 293 g/mol. The summed E-state index contributed by atoms with van der Waals surface area (Å²) >= 11 is 0. The molecule has 5 heteroatoms. The largest absolute Gasteiger partial charge is 0.467 e. The normalized spacial score (nSPS) is 17.0. The van der Waals surface area contributed by atoms with Crippen LogP contribution in [0.2, 0.25) is 0 Å². The lowest BCUT2D eigenvalue weighted by Crippen LogP contribution is -2.56. The van der Waals surface area contributed by atoms with E-state index in [1.54, 1.807) is 12.1 Å². The zero-order valence-corrected chi connectivity index (χ0v) is 12.2. The molecule has 0 bridgehead atoms. The van der Waals surface area contributed by atoms with E-state index in [4.69, 9.17) is 4.74 Å². The molecule has 4 nitrogen and oxygen atoms in total. The summed E-state index contributed by atoms with van der Waals surface area (Å²) in [5.41, 5.74) is -0.186. The lowest BCUT2D eigenvalue weighted by molar-refractivity contribution is -0.152. The van der Waals surface area contributed by atoms with Crippen molar-refractivity contribution in [1.29, 1.82) is 0 Å². The van der Waals surface area contributed by atoms with Gasteiger partial charge in [-0.05, 0) is 30.5 Å². The van der Waals surface area contributed by atoms with Gasteiger partial charge >= 0.3 is 5.97 Å². The molecule has 0 aromatic heterocycles. The molecule has 1 saturated carbocycles. The molecule has 2 rings (SSSR count). The van der Waals surface area contributed by atoms with Crippen molar-refractivity contribution in [2.24, 2.45) is 0 Å². The second kappa shape index (κ2) is 6.70. The SMILES string of the molecule is COC(=O)C1(NC(=O)Cc2ccc(F)cc2)CCCCC1. The Morgan fingerprint density at radius 1 is 1.19 bits per heavy atom. The zero-order valence-electron chi connectivity index (χ0n) is 12.2.